The molecule has 1 saturated carbocycles. The summed E-state index contributed by atoms with van der Waals surface area (Å²) in [7, 11) is 0. The van der Waals surface area contributed by atoms with Crippen molar-refractivity contribution in [3.8, 4) is 12.3 Å². The summed E-state index contributed by atoms with van der Waals surface area (Å²) in [5.41, 5.74) is -0.516. The first-order chi connectivity index (χ1) is 7.64. The Balaban J connectivity index is 2.65. The average molecular weight is 222 g/mol. The molecule has 0 heterocycles. The Morgan fingerprint density at radius 2 is 2.12 bits per heavy atom. The van der Waals surface area contributed by atoms with Crippen LogP contribution in [0.3, 0.4) is 0 Å². The molecule has 1 fully saturated rings. The molecule has 1 rings (SSSR count). The first-order valence-corrected chi connectivity index (χ1v) is 6.25. The minimum absolute atomic E-state index is 0.208. The van der Waals surface area contributed by atoms with E-state index in [0.717, 1.165) is 25.7 Å². The van der Waals surface area contributed by atoms with Crippen LogP contribution in [0.4, 0.5) is 0 Å². The molecule has 0 N–H and O–H groups in total. The molecule has 0 saturated heterocycles. The van der Waals surface area contributed by atoms with E-state index in [1.165, 1.54) is 0 Å². The molecule has 0 spiro atoms. The van der Waals surface area contributed by atoms with Crippen molar-refractivity contribution >= 4 is 5.78 Å². The summed E-state index contributed by atoms with van der Waals surface area (Å²) in [6, 6.07) is 0. The number of carbonyl (C=O) groups excluding carboxylic acids is 1. The maximum absolute atomic E-state index is 12.2. The lowest BCUT2D eigenvalue weighted by atomic mass is 9.76. The van der Waals surface area contributed by atoms with Gasteiger partial charge in [-0.25, -0.2) is 0 Å². The second-order valence-corrected chi connectivity index (χ2v) is 4.74. The largest absolute Gasteiger partial charge is 0.368 e. The number of hydrogen-bond donors (Lipinski definition) is 0. The highest BCUT2D eigenvalue weighted by Gasteiger charge is 2.40. The SMILES string of the molecule is C#CCCC(=O)C1(OCC)CCC(C)CC1. The molecule has 0 aromatic heterocycles. The van der Waals surface area contributed by atoms with Gasteiger partial charge in [0.1, 0.15) is 5.60 Å². The maximum Gasteiger partial charge on any atom is 0.165 e. The van der Waals surface area contributed by atoms with Gasteiger partial charge in [0.2, 0.25) is 0 Å². The van der Waals surface area contributed by atoms with Gasteiger partial charge >= 0.3 is 0 Å². The van der Waals surface area contributed by atoms with Crippen molar-refractivity contribution in [2.24, 2.45) is 5.92 Å². The van der Waals surface area contributed by atoms with E-state index in [0.29, 0.717) is 25.4 Å². The Morgan fingerprint density at radius 1 is 1.50 bits per heavy atom. The molecule has 0 bridgehead atoms. The third-order valence-corrected chi connectivity index (χ3v) is 3.51. The second-order valence-electron chi connectivity index (χ2n) is 4.74. The van der Waals surface area contributed by atoms with Crippen molar-refractivity contribution in [3.63, 3.8) is 0 Å². The van der Waals surface area contributed by atoms with Gasteiger partial charge in [-0.1, -0.05) is 6.92 Å². The molecule has 16 heavy (non-hydrogen) atoms. The summed E-state index contributed by atoms with van der Waals surface area (Å²) in [5.74, 6) is 3.45. The van der Waals surface area contributed by atoms with E-state index in [-0.39, 0.29) is 5.78 Å². The van der Waals surface area contributed by atoms with Crippen LogP contribution in [0.25, 0.3) is 0 Å². The van der Waals surface area contributed by atoms with Crippen molar-refractivity contribution in [1.82, 2.24) is 0 Å². The number of terminal acetylenes is 1. The zero-order valence-electron chi connectivity index (χ0n) is 10.4. The molecule has 0 radical (unpaired) electrons. The zero-order chi connectivity index (χ0) is 12.0. The molecule has 0 amide bonds. The van der Waals surface area contributed by atoms with Crippen molar-refractivity contribution < 1.29 is 9.53 Å². The van der Waals surface area contributed by atoms with Crippen LogP contribution in [-0.4, -0.2) is 18.0 Å². The van der Waals surface area contributed by atoms with Gasteiger partial charge < -0.3 is 4.74 Å². The second kappa shape index (κ2) is 6.06. The predicted molar refractivity (Wildman–Crippen MR) is 65.1 cm³/mol. The van der Waals surface area contributed by atoms with E-state index in [1.807, 2.05) is 6.92 Å². The van der Waals surface area contributed by atoms with Gasteiger partial charge in [0, 0.05) is 19.4 Å². The van der Waals surface area contributed by atoms with Crippen LogP contribution >= 0.6 is 0 Å². The molecule has 0 atom stereocenters. The quantitative estimate of drug-likeness (QED) is 0.668. The fraction of sp³-hybridized carbons (Fsp3) is 0.786. The van der Waals surface area contributed by atoms with Gasteiger partial charge in [0.05, 0.1) is 0 Å². The van der Waals surface area contributed by atoms with E-state index in [9.17, 15) is 4.79 Å². The van der Waals surface area contributed by atoms with E-state index >= 15 is 0 Å². The number of rotatable bonds is 5. The van der Waals surface area contributed by atoms with Crippen molar-refractivity contribution in [1.29, 1.82) is 0 Å². The van der Waals surface area contributed by atoms with Crippen LogP contribution in [0, 0.1) is 18.3 Å². The fourth-order valence-corrected chi connectivity index (χ4v) is 2.42. The van der Waals surface area contributed by atoms with Crippen LogP contribution in [0.1, 0.15) is 52.4 Å². The van der Waals surface area contributed by atoms with Gasteiger partial charge in [0.15, 0.2) is 5.78 Å². The molecule has 0 aromatic rings. The van der Waals surface area contributed by atoms with Crippen LogP contribution in [-0.2, 0) is 9.53 Å². The molecule has 90 valence electrons. The van der Waals surface area contributed by atoms with E-state index < -0.39 is 5.60 Å². The Hall–Kier alpha value is -0.810. The highest BCUT2D eigenvalue weighted by molar-refractivity contribution is 5.87. The predicted octanol–water partition coefficient (Wildman–Crippen LogP) is 2.95. The minimum atomic E-state index is -0.516. The van der Waals surface area contributed by atoms with E-state index in [4.69, 9.17) is 11.2 Å². The summed E-state index contributed by atoms with van der Waals surface area (Å²) in [4.78, 5) is 12.2. The third kappa shape index (κ3) is 3.09. The van der Waals surface area contributed by atoms with Gasteiger partial charge in [-0.05, 0) is 38.5 Å². The number of Topliss-reactive ketones (excluding diaryl/α,β-unsaturated/α-hetero) is 1. The van der Waals surface area contributed by atoms with Gasteiger partial charge in [0.25, 0.3) is 0 Å². The first-order valence-electron chi connectivity index (χ1n) is 6.25. The van der Waals surface area contributed by atoms with E-state index in [2.05, 4.69) is 12.8 Å². The lowest BCUT2D eigenvalue weighted by Gasteiger charge is -2.37. The maximum atomic E-state index is 12.2. The van der Waals surface area contributed by atoms with E-state index in [1.54, 1.807) is 0 Å². The van der Waals surface area contributed by atoms with Crippen LogP contribution in [0.2, 0.25) is 0 Å². The van der Waals surface area contributed by atoms with Crippen LogP contribution in [0.5, 0.6) is 0 Å². The van der Waals surface area contributed by atoms with Crippen molar-refractivity contribution in [3.05, 3.63) is 0 Å². The third-order valence-electron chi connectivity index (χ3n) is 3.51. The molecular weight excluding hydrogens is 200 g/mol. The minimum Gasteiger partial charge on any atom is -0.368 e. The summed E-state index contributed by atoms with van der Waals surface area (Å²) < 4.78 is 5.76. The molecule has 2 nitrogen and oxygen atoms in total. The smallest absolute Gasteiger partial charge is 0.165 e. The topological polar surface area (TPSA) is 26.3 Å². The van der Waals surface area contributed by atoms with Gasteiger partial charge in [-0.3, -0.25) is 4.79 Å². The number of hydrogen-bond acceptors (Lipinski definition) is 2. The molecular formula is C14H22O2. The number of ether oxygens (including phenoxy) is 1. The summed E-state index contributed by atoms with van der Waals surface area (Å²) in [6.07, 6.45) is 10.1. The lowest BCUT2D eigenvalue weighted by molar-refractivity contribution is -0.150. The Bertz CT molecular complexity index is 267. The van der Waals surface area contributed by atoms with Gasteiger partial charge in [-0.2, -0.15) is 0 Å². The highest BCUT2D eigenvalue weighted by atomic mass is 16.5. The average Bonchev–Trinajstić information content (AvgIpc) is 2.29. The summed E-state index contributed by atoms with van der Waals surface area (Å²) in [6.45, 7) is 4.80. The molecule has 2 heteroatoms. The van der Waals surface area contributed by atoms with Crippen LogP contribution in [0.15, 0.2) is 0 Å². The zero-order valence-corrected chi connectivity index (χ0v) is 10.4. The standard InChI is InChI=1S/C14H22O2/c1-4-6-7-13(15)14(16-5-2)10-8-12(3)9-11-14/h1,12H,5-11H2,2-3H3. The Labute approximate surface area is 98.8 Å². The number of carbonyl (C=O) groups is 1. The number of ketones is 1. The van der Waals surface area contributed by atoms with Crippen LogP contribution < -0.4 is 0 Å². The lowest BCUT2D eigenvalue weighted by Crippen LogP contribution is -2.44. The molecule has 1 aliphatic carbocycles. The molecule has 1 aliphatic rings. The fourth-order valence-electron chi connectivity index (χ4n) is 2.42. The van der Waals surface area contributed by atoms with Crippen molar-refractivity contribution in [2.75, 3.05) is 6.61 Å². The monoisotopic (exact) mass is 222 g/mol. The molecule has 0 aliphatic heterocycles. The normalized spacial score (nSPS) is 29.7. The first kappa shape index (κ1) is 13.3. The van der Waals surface area contributed by atoms with Gasteiger partial charge in [-0.15, -0.1) is 12.3 Å². The van der Waals surface area contributed by atoms with Crippen molar-refractivity contribution in [2.45, 2.75) is 58.0 Å². The summed E-state index contributed by atoms with van der Waals surface area (Å²) >= 11 is 0. The Kier molecular flexibility index (Phi) is 5.02. The Morgan fingerprint density at radius 3 is 2.62 bits per heavy atom. The molecule has 0 aromatic carbocycles. The highest BCUT2D eigenvalue weighted by Crippen LogP contribution is 2.36. The molecule has 0 unspecified atom stereocenters. The summed E-state index contributed by atoms with van der Waals surface area (Å²) in [5, 5.41) is 0.